The van der Waals surface area contributed by atoms with E-state index >= 15 is 0 Å². The standard InChI is InChI=1S/C15H11FN6/c16-12-5-3-10(4-6-12)14-8-13(11-2-1-7-17-9-11)18-15-19-20-21-22(14)15/h1-9,14H,(H,18,19,21). The largest absolute Gasteiger partial charge is 0.323 e. The van der Waals surface area contributed by atoms with Gasteiger partial charge in [-0.1, -0.05) is 17.2 Å². The summed E-state index contributed by atoms with van der Waals surface area (Å²) < 4.78 is 14.8. The zero-order chi connectivity index (χ0) is 14.9. The van der Waals surface area contributed by atoms with Crippen LogP contribution in [0.4, 0.5) is 10.3 Å². The molecule has 1 unspecified atom stereocenters. The second-order valence-electron chi connectivity index (χ2n) is 4.89. The molecule has 1 aromatic carbocycles. The molecule has 1 atom stereocenters. The first-order valence-electron chi connectivity index (χ1n) is 6.74. The van der Waals surface area contributed by atoms with Crippen molar-refractivity contribution in [3.8, 4) is 0 Å². The lowest BCUT2D eigenvalue weighted by Crippen LogP contribution is -2.20. The molecule has 7 heteroatoms. The van der Waals surface area contributed by atoms with E-state index in [2.05, 4.69) is 25.8 Å². The van der Waals surface area contributed by atoms with Gasteiger partial charge in [0.25, 0.3) is 0 Å². The van der Waals surface area contributed by atoms with Crippen molar-refractivity contribution < 1.29 is 4.39 Å². The molecule has 0 radical (unpaired) electrons. The predicted octanol–water partition coefficient (Wildman–Crippen LogP) is 2.26. The molecule has 0 bridgehead atoms. The van der Waals surface area contributed by atoms with Gasteiger partial charge in [0.15, 0.2) is 0 Å². The predicted molar refractivity (Wildman–Crippen MR) is 78.2 cm³/mol. The Bertz CT molecular complexity index is 825. The highest BCUT2D eigenvalue weighted by Crippen LogP contribution is 2.31. The highest BCUT2D eigenvalue weighted by molar-refractivity contribution is 5.76. The van der Waals surface area contributed by atoms with E-state index in [9.17, 15) is 4.39 Å². The SMILES string of the molecule is Fc1ccc(C2C=C(c3cccnc3)Nc3nnnn32)cc1. The molecule has 1 aliphatic heterocycles. The van der Waals surface area contributed by atoms with Gasteiger partial charge in [0.2, 0.25) is 5.95 Å². The molecule has 0 saturated heterocycles. The smallest absolute Gasteiger partial charge is 0.248 e. The van der Waals surface area contributed by atoms with Crippen molar-refractivity contribution in [3.05, 3.63) is 71.8 Å². The normalized spacial score (nSPS) is 16.6. The van der Waals surface area contributed by atoms with E-state index in [1.54, 1.807) is 29.2 Å². The molecule has 0 fully saturated rings. The van der Waals surface area contributed by atoms with Crippen LogP contribution < -0.4 is 5.32 Å². The van der Waals surface area contributed by atoms with E-state index in [4.69, 9.17) is 0 Å². The molecule has 0 spiro atoms. The Morgan fingerprint density at radius 2 is 2.00 bits per heavy atom. The topological polar surface area (TPSA) is 68.5 Å². The number of allylic oxidation sites excluding steroid dienone is 1. The van der Waals surface area contributed by atoms with Crippen LogP contribution in [-0.2, 0) is 0 Å². The van der Waals surface area contributed by atoms with Crippen LogP contribution in [0, 0.1) is 5.82 Å². The zero-order valence-electron chi connectivity index (χ0n) is 11.4. The number of benzene rings is 1. The van der Waals surface area contributed by atoms with Crippen LogP contribution in [0.1, 0.15) is 17.2 Å². The number of nitrogens with zero attached hydrogens (tertiary/aromatic N) is 5. The van der Waals surface area contributed by atoms with Gasteiger partial charge in [-0.3, -0.25) is 4.98 Å². The first kappa shape index (κ1) is 12.6. The van der Waals surface area contributed by atoms with Gasteiger partial charge in [0.05, 0.1) is 0 Å². The average molecular weight is 294 g/mol. The van der Waals surface area contributed by atoms with Crippen molar-refractivity contribution in [1.82, 2.24) is 25.2 Å². The lowest BCUT2D eigenvalue weighted by molar-refractivity contribution is 0.582. The van der Waals surface area contributed by atoms with Gasteiger partial charge < -0.3 is 5.32 Å². The molecule has 22 heavy (non-hydrogen) atoms. The van der Waals surface area contributed by atoms with Crippen LogP contribution in [-0.4, -0.2) is 25.2 Å². The second-order valence-corrected chi connectivity index (χ2v) is 4.89. The molecule has 1 N–H and O–H groups in total. The Kier molecular flexibility index (Phi) is 2.89. The number of pyridine rings is 1. The van der Waals surface area contributed by atoms with Crippen molar-refractivity contribution >= 4 is 11.6 Å². The number of aromatic nitrogens is 5. The van der Waals surface area contributed by atoms with Gasteiger partial charge in [-0.05, 0) is 46.3 Å². The van der Waals surface area contributed by atoms with Crippen molar-refractivity contribution in [2.24, 2.45) is 0 Å². The van der Waals surface area contributed by atoms with Crippen molar-refractivity contribution in [2.75, 3.05) is 5.32 Å². The fraction of sp³-hybridized carbons (Fsp3) is 0.0667. The Balaban J connectivity index is 1.81. The summed E-state index contributed by atoms with van der Waals surface area (Å²) in [5, 5.41) is 14.9. The molecule has 6 nitrogen and oxygen atoms in total. The third-order valence-electron chi connectivity index (χ3n) is 3.51. The number of tetrazole rings is 1. The summed E-state index contributed by atoms with van der Waals surface area (Å²) in [6.07, 6.45) is 5.47. The Morgan fingerprint density at radius 3 is 2.77 bits per heavy atom. The van der Waals surface area contributed by atoms with Crippen molar-refractivity contribution in [3.63, 3.8) is 0 Å². The number of hydrogen-bond donors (Lipinski definition) is 1. The van der Waals surface area contributed by atoms with Crippen LogP contribution in [0.15, 0.2) is 54.9 Å². The summed E-state index contributed by atoms with van der Waals surface area (Å²) in [4.78, 5) is 4.12. The molecule has 1 aliphatic rings. The first-order chi connectivity index (χ1) is 10.8. The molecular weight excluding hydrogens is 283 g/mol. The Morgan fingerprint density at radius 1 is 1.14 bits per heavy atom. The summed E-state index contributed by atoms with van der Waals surface area (Å²) in [5.74, 6) is 0.266. The molecule has 3 heterocycles. The first-order valence-corrected chi connectivity index (χ1v) is 6.74. The number of rotatable bonds is 2. The highest BCUT2D eigenvalue weighted by Gasteiger charge is 2.24. The molecular formula is C15H11FN6. The maximum absolute atomic E-state index is 13.1. The molecule has 3 aromatic rings. The van der Waals surface area contributed by atoms with E-state index in [1.807, 2.05) is 18.2 Å². The van der Waals surface area contributed by atoms with Crippen LogP contribution >= 0.6 is 0 Å². The summed E-state index contributed by atoms with van der Waals surface area (Å²) in [6.45, 7) is 0. The lowest BCUT2D eigenvalue weighted by Gasteiger charge is -2.23. The third kappa shape index (κ3) is 2.12. The van der Waals surface area contributed by atoms with E-state index < -0.39 is 0 Å². The second kappa shape index (κ2) is 5.03. The number of fused-ring (bicyclic) bond motifs is 1. The van der Waals surface area contributed by atoms with Crippen LogP contribution in [0.3, 0.4) is 0 Å². The van der Waals surface area contributed by atoms with Crippen molar-refractivity contribution in [2.45, 2.75) is 6.04 Å². The minimum atomic E-state index is -0.272. The van der Waals surface area contributed by atoms with Gasteiger partial charge in [0.1, 0.15) is 11.9 Å². The van der Waals surface area contributed by atoms with E-state index in [-0.39, 0.29) is 11.9 Å². The fourth-order valence-electron chi connectivity index (χ4n) is 2.44. The molecule has 0 amide bonds. The van der Waals surface area contributed by atoms with E-state index in [0.29, 0.717) is 5.95 Å². The fourth-order valence-corrected chi connectivity index (χ4v) is 2.44. The summed E-state index contributed by atoms with van der Waals surface area (Å²) in [5.41, 5.74) is 2.70. The summed E-state index contributed by atoms with van der Waals surface area (Å²) in [6, 6.07) is 9.93. The molecule has 0 saturated carbocycles. The molecule has 4 rings (SSSR count). The lowest BCUT2D eigenvalue weighted by atomic mass is 10.0. The van der Waals surface area contributed by atoms with Gasteiger partial charge in [-0.25, -0.2) is 4.39 Å². The number of hydrogen-bond acceptors (Lipinski definition) is 5. The minimum Gasteiger partial charge on any atom is -0.323 e. The number of anilines is 1. The van der Waals surface area contributed by atoms with Gasteiger partial charge in [-0.15, -0.1) is 0 Å². The zero-order valence-corrected chi connectivity index (χ0v) is 11.4. The maximum atomic E-state index is 13.1. The molecule has 108 valence electrons. The minimum absolute atomic E-state index is 0.206. The van der Waals surface area contributed by atoms with Crippen LogP contribution in [0.25, 0.3) is 5.70 Å². The van der Waals surface area contributed by atoms with E-state index in [0.717, 1.165) is 16.8 Å². The number of halogens is 1. The summed E-state index contributed by atoms with van der Waals surface area (Å²) in [7, 11) is 0. The maximum Gasteiger partial charge on any atom is 0.248 e. The van der Waals surface area contributed by atoms with Crippen LogP contribution in [0.5, 0.6) is 0 Å². The Hall–Kier alpha value is -3.09. The van der Waals surface area contributed by atoms with Gasteiger partial charge >= 0.3 is 0 Å². The van der Waals surface area contributed by atoms with Gasteiger partial charge in [0, 0.05) is 23.7 Å². The summed E-state index contributed by atoms with van der Waals surface area (Å²) >= 11 is 0. The van der Waals surface area contributed by atoms with Crippen LogP contribution in [0.2, 0.25) is 0 Å². The molecule has 0 aliphatic carbocycles. The highest BCUT2D eigenvalue weighted by atomic mass is 19.1. The van der Waals surface area contributed by atoms with Gasteiger partial charge in [-0.2, -0.15) is 4.68 Å². The Labute approximate surface area is 125 Å². The molecule has 2 aromatic heterocycles. The quantitative estimate of drug-likeness (QED) is 0.785. The number of nitrogens with one attached hydrogen (secondary N) is 1. The average Bonchev–Trinajstić information content (AvgIpc) is 3.04. The van der Waals surface area contributed by atoms with E-state index in [1.165, 1.54) is 12.1 Å². The van der Waals surface area contributed by atoms with Crippen molar-refractivity contribution in [1.29, 1.82) is 0 Å². The third-order valence-corrected chi connectivity index (χ3v) is 3.51. The monoisotopic (exact) mass is 294 g/mol.